The Morgan fingerprint density at radius 2 is 1.77 bits per heavy atom. The van der Waals surface area contributed by atoms with Crippen LogP contribution in [0.3, 0.4) is 0 Å². The van der Waals surface area contributed by atoms with Gasteiger partial charge in [-0.15, -0.1) is 0 Å². The molecule has 0 unspecified atom stereocenters. The highest BCUT2D eigenvalue weighted by atomic mass is 32.2. The normalized spacial score (nSPS) is 14.8. The van der Waals surface area contributed by atoms with E-state index in [2.05, 4.69) is 19.4 Å². The van der Waals surface area contributed by atoms with E-state index in [-0.39, 0.29) is 12.6 Å². The average molecular weight is 553 g/mol. The number of piperidine rings is 1. The van der Waals surface area contributed by atoms with E-state index in [4.69, 9.17) is 21.0 Å². The maximum Gasteiger partial charge on any atom is 0.382 e. The number of fused-ring (bicyclic) bond motifs is 1. The Morgan fingerprint density at radius 1 is 1.08 bits per heavy atom. The number of amidine groups is 2. The number of benzene rings is 3. The molecule has 0 atom stereocenters. The van der Waals surface area contributed by atoms with Crippen molar-refractivity contribution in [2.24, 2.45) is 15.9 Å². The fraction of sp³-hybridized carbons (Fsp3) is 0.296. The van der Waals surface area contributed by atoms with Gasteiger partial charge in [-0.05, 0) is 59.7 Å². The molecule has 1 fully saturated rings. The van der Waals surface area contributed by atoms with Gasteiger partial charge in [-0.1, -0.05) is 24.3 Å². The summed E-state index contributed by atoms with van der Waals surface area (Å²) in [5.41, 5.74) is 8.67. The third-order valence-corrected chi connectivity index (χ3v) is 6.73. The van der Waals surface area contributed by atoms with E-state index < -0.39 is 16.3 Å². The number of carbonyl (C=O) groups is 1. The lowest BCUT2D eigenvalue weighted by Crippen LogP contribution is -2.40. The molecule has 1 saturated heterocycles. The molecule has 0 aromatic heterocycles. The number of nitrogens with one attached hydrogen (secondary N) is 2. The number of aliphatic imine (C=N–C) groups is 1. The molecule has 0 bridgehead atoms. The minimum absolute atomic E-state index is 0.133. The first-order chi connectivity index (χ1) is 18.6. The van der Waals surface area contributed by atoms with Gasteiger partial charge in [0.05, 0.1) is 18.1 Å². The molecule has 3 aromatic carbocycles. The molecule has 0 radical (unpaired) electrons. The number of likely N-dealkylation sites (tertiary alicyclic amines) is 1. The molecule has 0 saturated carbocycles. The minimum atomic E-state index is -4.32. The van der Waals surface area contributed by atoms with Crippen LogP contribution >= 0.6 is 0 Å². The maximum absolute atomic E-state index is 11.5. The van der Waals surface area contributed by atoms with E-state index in [1.54, 1.807) is 0 Å². The van der Waals surface area contributed by atoms with E-state index in [1.807, 2.05) is 67.6 Å². The first-order valence-corrected chi connectivity index (χ1v) is 13.9. The van der Waals surface area contributed by atoms with Crippen molar-refractivity contribution in [3.05, 3.63) is 71.8 Å². The Morgan fingerprint density at radius 3 is 2.44 bits per heavy atom. The summed E-state index contributed by atoms with van der Waals surface area (Å²) >= 11 is 0. The van der Waals surface area contributed by atoms with Crippen LogP contribution in [0.15, 0.2) is 65.7 Å². The summed E-state index contributed by atoms with van der Waals surface area (Å²) in [7, 11) is -4.32. The molecule has 1 aliphatic heterocycles. The van der Waals surface area contributed by atoms with Crippen LogP contribution in [0.5, 0.6) is 5.75 Å². The minimum Gasteiger partial charge on any atom is -0.490 e. The van der Waals surface area contributed by atoms with Gasteiger partial charge in [-0.25, -0.2) is 9.79 Å². The van der Waals surface area contributed by atoms with Gasteiger partial charge in [0, 0.05) is 38.0 Å². The smallest absolute Gasteiger partial charge is 0.382 e. The molecule has 0 aliphatic carbocycles. The number of carbonyl (C=O) groups excluding carboxylic acids is 1. The largest absolute Gasteiger partial charge is 0.490 e. The molecule has 0 spiro atoms. The van der Waals surface area contributed by atoms with Crippen LogP contribution in [0.4, 0.5) is 5.69 Å². The maximum atomic E-state index is 11.5. The van der Waals surface area contributed by atoms with Crippen molar-refractivity contribution in [2.45, 2.75) is 32.4 Å². The van der Waals surface area contributed by atoms with Gasteiger partial charge in [0.2, 0.25) is 0 Å². The summed E-state index contributed by atoms with van der Waals surface area (Å²) in [5, 5.41) is 17.2. The first-order valence-electron chi connectivity index (χ1n) is 12.5. The van der Waals surface area contributed by atoms with Crippen molar-refractivity contribution >= 4 is 44.4 Å². The van der Waals surface area contributed by atoms with Gasteiger partial charge in [-0.3, -0.25) is 5.41 Å². The SMILES string of the molecule is CC(=N)N1CCC(Oc2ccc(N=C(N)c3ccc4ccc(CNCC(=O)OS(N)(=O)=O)cc4c3)cc2)CC1. The van der Waals surface area contributed by atoms with Gasteiger partial charge in [0.15, 0.2) is 0 Å². The van der Waals surface area contributed by atoms with Gasteiger partial charge in [0.25, 0.3) is 0 Å². The lowest BCUT2D eigenvalue weighted by atomic mass is 10.0. The third-order valence-electron chi connectivity index (χ3n) is 6.31. The second-order valence-corrected chi connectivity index (χ2v) is 10.5. The lowest BCUT2D eigenvalue weighted by Gasteiger charge is -2.32. The highest BCUT2D eigenvalue weighted by molar-refractivity contribution is 7.84. The standard InChI is InChI=1S/C27H32N6O5S/c1-18(28)33-12-10-25(11-13-33)37-24-8-6-23(7-9-24)32-27(29)21-5-4-20-3-2-19(14-22(20)15-21)16-31-17-26(34)38-39(30,35)36/h2-9,14-15,25,28,31H,10-13,16-17H2,1H3,(H2,29,32)(H2,30,35,36). The van der Waals surface area contributed by atoms with Crippen molar-refractivity contribution in [3.63, 3.8) is 0 Å². The van der Waals surface area contributed by atoms with Crippen molar-refractivity contribution in [3.8, 4) is 5.75 Å². The quantitative estimate of drug-likeness (QED) is 0.231. The zero-order chi connectivity index (χ0) is 28.0. The summed E-state index contributed by atoms with van der Waals surface area (Å²) in [5.74, 6) is 0.765. The number of hydrogen-bond acceptors (Lipinski definition) is 8. The van der Waals surface area contributed by atoms with E-state index in [0.717, 1.165) is 53.6 Å². The van der Waals surface area contributed by atoms with E-state index in [9.17, 15) is 13.2 Å². The van der Waals surface area contributed by atoms with Crippen molar-refractivity contribution < 1.29 is 22.1 Å². The van der Waals surface area contributed by atoms with Crippen LogP contribution in [0.1, 0.15) is 30.9 Å². The molecule has 1 aliphatic rings. The Kier molecular flexibility index (Phi) is 8.79. The number of hydrogen-bond donors (Lipinski definition) is 4. The zero-order valence-electron chi connectivity index (χ0n) is 21.6. The van der Waals surface area contributed by atoms with Gasteiger partial charge in [0.1, 0.15) is 17.7 Å². The molecule has 39 heavy (non-hydrogen) atoms. The highest BCUT2D eigenvalue weighted by Gasteiger charge is 2.20. The second-order valence-electron chi connectivity index (χ2n) is 9.33. The Balaban J connectivity index is 1.36. The van der Waals surface area contributed by atoms with E-state index in [1.165, 1.54) is 0 Å². The van der Waals surface area contributed by atoms with Gasteiger partial charge < -0.3 is 24.9 Å². The summed E-state index contributed by atoms with van der Waals surface area (Å²) < 4.78 is 31.8. The summed E-state index contributed by atoms with van der Waals surface area (Å²) in [6.45, 7) is 3.49. The van der Waals surface area contributed by atoms with Gasteiger partial charge >= 0.3 is 16.3 Å². The van der Waals surface area contributed by atoms with Crippen molar-refractivity contribution in [2.75, 3.05) is 19.6 Å². The monoisotopic (exact) mass is 552 g/mol. The Hall–Kier alpha value is -4.00. The summed E-state index contributed by atoms with van der Waals surface area (Å²) in [6.07, 6.45) is 1.90. The van der Waals surface area contributed by atoms with Crippen molar-refractivity contribution in [1.82, 2.24) is 10.2 Å². The molecule has 6 N–H and O–H groups in total. The van der Waals surface area contributed by atoms with Gasteiger partial charge in [-0.2, -0.15) is 13.6 Å². The fourth-order valence-corrected chi connectivity index (χ4v) is 4.66. The van der Waals surface area contributed by atoms with Crippen LogP contribution in [0, 0.1) is 5.41 Å². The van der Waals surface area contributed by atoms with Crippen LogP contribution in [-0.4, -0.2) is 56.7 Å². The second kappa shape index (κ2) is 12.2. The Bertz CT molecular complexity index is 1480. The Labute approximate surface area is 227 Å². The predicted octanol–water partition coefficient (Wildman–Crippen LogP) is 2.55. The molecule has 12 heteroatoms. The summed E-state index contributed by atoms with van der Waals surface area (Å²) in [6, 6.07) is 19.1. The molecule has 4 rings (SSSR count). The predicted molar refractivity (Wildman–Crippen MR) is 150 cm³/mol. The third kappa shape index (κ3) is 8.24. The highest BCUT2D eigenvalue weighted by Crippen LogP contribution is 2.24. The molecule has 1 heterocycles. The average Bonchev–Trinajstić information content (AvgIpc) is 2.88. The van der Waals surface area contributed by atoms with Crippen LogP contribution < -0.4 is 20.9 Å². The molecule has 3 aromatic rings. The van der Waals surface area contributed by atoms with Crippen LogP contribution in [-0.2, 0) is 25.8 Å². The zero-order valence-corrected chi connectivity index (χ0v) is 22.4. The van der Waals surface area contributed by atoms with Crippen LogP contribution in [0.25, 0.3) is 10.8 Å². The fourth-order valence-electron chi connectivity index (χ4n) is 4.34. The molecular formula is C27H32N6O5S. The number of nitrogens with zero attached hydrogens (tertiary/aromatic N) is 2. The number of nitrogens with two attached hydrogens (primary N) is 2. The number of rotatable bonds is 9. The lowest BCUT2D eigenvalue weighted by molar-refractivity contribution is -0.132. The first kappa shape index (κ1) is 28.0. The molecule has 206 valence electrons. The molecule has 0 amide bonds. The van der Waals surface area contributed by atoms with E-state index >= 15 is 0 Å². The van der Waals surface area contributed by atoms with Crippen LogP contribution in [0.2, 0.25) is 0 Å². The summed E-state index contributed by atoms with van der Waals surface area (Å²) in [4.78, 5) is 18.1. The van der Waals surface area contributed by atoms with Crippen molar-refractivity contribution in [1.29, 1.82) is 5.41 Å². The molecule has 11 nitrogen and oxygen atoms in total. The van der Waals surface area contributed by atoms with E-state index in [0.29, 0.717) is 23.9 Å². The molecular weight excluding hydrogens is 520 g/mol. The number of ether oxygens (including phenoxy) is 1. The topological polar surface area (TPSA) is 173 Å².